The number of nitrogens with zero attached hydrogens (tertiary/aromatic N) is 5. The fourth-order valence-electron chi connectivity index (χ4n) is 4.41. The van der Waals surface area contributed by atoms with Gasteiger partial charge in [0, 0.05) is 17.8 Å². The normalized spacial score (nSPS) is 14.5. The lowest BCUT2D eigenvalue weighted by Gasteiger charge is -2.22. The number of aliphatic imine (C=N–C) groups is 1. The second-order valence-electron chi connectivity index (χ2n) is 9.95. The molecule has 1 aromatic heterocycles. The quantitative estimate of drug-likeness (QED) is 0.227. The molecule has 0 spiro atoms. The highest BCUT2D eigenvalue weighted by Crippen LogP contribution is 2.36. The highest BCUT2D eigenvalue weighted by atomic mass is 32.2. The van der Waals surface area contributed by atoms with E-state index in [0.717, 1.165) is 11.1 Å². The molecule has 5 rings (SSSR count). The van der Waals surface area contributed by atoms with E-state index in [4.69, 9.17) is 4.74 Å². The number of amidine groups is 1. The number of carbonyl (C=O) groups is 2. The number of hydrogen-bond donors (Lipinski definition) is 1. The van der Waals surface area contributed by atoms with Gasteiger partial charge in [-0.25, -0.2) is 14.5 Å². The van der Waals surface area contributed by atoms with E-state index in [1.807, 2.05) is 26.0 Å². The molecule has 1 saturated heterocycles. The van der Waals surface area contributed by atoms with Gasteiger partial charge >= 0.3 is 12.4 Å². The van der Waals surface area contributed by atoms with Gasteiger partial charge in [0.1, 0.15) is 17.8 Å². The van der Waals surface area contributed by atoms with Crippen LogP contribution in [-0.4, -0.2) is 51.1 Å². The van der Waals surface area contributed by atoms with Crippen molar-refractivity contribution in [2.75, 3.05) is 17.8 Å². The second-order valence-corrected chi connectivity index (χ2v) is 10.9. The van der Waals surface area contributed by atoms with E-state index < -0.39 is 12.4 Å². The molecule has 232 valence electrons. The first-order valence-corrected chi connectivity index (χ1v) is 14.6. The maximum absolute atomic E-state index is 12.8. The summed E-state index contributed by atoms with van der Waals surface area (Å²) in [6.45, 7) is 4.04. The van der Waals surface area contributed by atoms with Crippen LogP contribution in [0.25, 0.3) is 23.2 Å². The van der Waals surface area contributed by atoms with Gasteiger partial charge in [0.25, 0.3) is 0 Å². The minimum absolute atomic E-state index is 0.127. The van der Waals surface area contributed by atoms with Crippen molar-refractivity contribution >= 4 is 40.6 Å². The number of anilines is 1. The second kappa shape index (κ2) is 13.3. The molecule has 1 aliphatic heterocycles. The van der Waals surface area contributed by atoms with Crippen molar-refractivity contribution in [2.24, 2.45) is 4.99 Å². The van der Waals surface area contributed by atoms with E-state index in [9.17, 15) is 22.8 Å². The first-order chi connectivity index (χ1) is 21.5. The Labute approximate surface area is 260 Å². The average molecular weight is 637 g/mol. The molecule has 2 heterocycles. The Morgan fingerprint density at radius 1 is 1.07 bits per heavy atom. The summed E-state index contributed by atoms with van der Waals surface area (Å²) in [7, 11) is 1.55. The number of carbonyl (C=O) groups excluding carboxylic acids is 2. The van der Waals surface area contributed by atoms with E-state index in [0.29, 0.717) is 28.5 Å². The summed E-state index contributed by atoms with van der Waals surface area (Å²) in [5, 5.41) is 7.28. The molecule has 1 N–H and O–H groups in total. The van der Waals surface area contributed by atoms with E-state index in [2.05, 4.69) is 25.1 Å². The third-order valence-corrected chi connectivity index (χ3v) is 7.46. The summed E-state index contributed by atoms with van der Waals surface area (Å²) in [4.78, 5) is 35.3. The highest BCUT2D eigenvalue weighted by molar-refractivity contribution is 8.15. The van der Waals surface area contributed by atoms with Gasteiger partial charge in [-0.1, -0.05) is 55.9 Å². The van der Waals surface area contributed by atoms with Crippen LogP contribution in [0.15, 0.2) is 84.2 Å². The summed E-state index contributed by atoms with van der Waals surface area (Å²) >= 11 is 1.19. The Hall–Kier alpha value is -5.11. The Kier molecular flexibility index (Phi) is 9.23. The van der Waals surface area contributed by atoms with E-state index >= 15 is 0 Å². The molecule has 4 aromatic rings. The predicted molar refractivity (Wildman–Crippen MR) is 166 cm³/mol. The van der Waals surface area contributed by atoms with Crippen LogP contribution in [-0.2, 0) is 4.79 Å². The van der Waals surface area contributed by atoms with Gasteiger partial charge in [0.05, 0.1) is 24.2 Å². The van der Waals surface area contributed by atoms with Crippen molar-refractivity contribution in [3.8, 4) is 28.6 Å². The van der Waals surface area contributed by atoms with Gasteiger partial charge in [-0.15, -0.1) is 18.3 Å². The number of amides is 3. The van der Waals surface area contributed by atoms with Crippen molar-refractivity contribution in [3.05, 3.63) is 90.4 Å². The van der Waals surface area contributed by atoms with Crippen molar-refractivity contribution in [1.29, 1.82) is 0 Å². The number of nitrogens with one attached hydrogen (secondary N) is 1. The summed E-state index contributed by atoms with van der Waals surface area (Å²) < 4.78 is 47.9. The number of benzene rings is 3. The zero-order valence-corrected chi connectivity index (χ0v) is 25.1. The van der Waals surface area contributed by atoms with Gasteiger partial charge in [-0.05, 0) is 53.5 Å². The number of hydrogen-bond acceptors (Lipinski definition) is 7. The largest absolute Gasteiger partial charge is 0.573 e. The van der Waals surface area contributed by atoms with Crippen LogP contribution >= 0.6 is 11.8 Å². The standard InChI is InChI=1S/C31H27F3N6O4S/c1-19(2)25-13-12-24(43-3)16-26(25)40-27(41)17-45-30(40)37-29(42)35-15-14-20-4-6-21(7-5-20)28-36-18-39(38-28)22-8-10-23(11-9-22)44-31(32,33)34/h4-16,18-19H,17H2,1-3H3,(H,35,42)/b15-14+,37-30-. The van der Waals surface area contributed by atoms with Crippen molar-refractivity contribution in [3.63, 3.8) is 0 Å². The van der Waals surface area contributed by atoms with Gasteiger partial charge in [-0.2, -0.15) is 4.99 Å². The molecular weight excluding hydrogens is 609 g/mol. The number of rotatable bonds is 8. The van der Waals surface area contributed by atoms with Crippen LogP contribution in [0.2, 0.25) is 0 Å². The molecule has 1 fully saturated rings. The highest BCUT2D eigenvalue weighted by Gasteiger charge is 2.33. The maximum Gasteiger partial charge on any atom is 0.573 e. The number of methoxy groups -OCH3 is 1. The monoisotopic (exact) mass is 636 g/mol. The summed E-state index contributed by atoms with van der Waals surface area (Å²) in [5.41, 5.74) is 3.55. The van der Waals surface area contributed by atoms with Crippen LogP contribution in [0.1, 0.15) is 30.9 Å². The molecule has 10 nitrogen and oxygen atoms in total. The Bertz CT molecular complexity index is 1750. The molecule has 0 saturated carbocycles. The topological polar surface area (TPSA) is 111 Å². The number of urea groups is 1. The predicted octanol–water partition coefficient (Wildman–Crippen LogP) is 6.78. The zero-order chi connectivity index (χ0) is 32.1. The first kappa shape index (κ1) is 31.3. The van der Waals surface area contributed by atoms with E-state index in [-0.39, 0.29) is 28.5 Å². The van der Waals surface area contributed by atoms with Gasteiger partial charge in [0.15, 0.2) is 11.0 Å². The number of alkyl halides is 3. The molecule has 3 amide bonds. The van der Waals surface area contributed by atoms with Crippen LogP contribution in [0.3, 0.4) is 0 Å². The Morgan fingerprint density at radius 2 is 1.78 bits per heavy atom. The third kappa shape index (κ3) is 7.70. The first-order valence-electron chi connectivity index (χ1n) is 13.6. The maximum atomic E-state index is 12.8. The third-order valence-electron chi connectivity index (χ3n) is 6.54. The molecule has 1 aliphatic rings. The molecule has 0 bridgehead atoms. The zero-order valence-electron chi connectivity index (χ0n) is 24.3. The van der Waals surface area contributed by atoms with Crippen LogP contribution in [0.4, 0.5) is 23.7 Å². The summed E-state index contributed by atoms with van der Waals surface area (Å²) in [6, 6.07) is 17.3. The Morgan fingerprint density at radius 3 is 2.44 bits per heavy atom. The molecule has 0 aliphatic carbocycles. The lowest BCUT2D eigenvalue weighted by molar-refractivity contribution is -0.274. The smallest absolute Gasteiger partial charge is 0.497 e. The minimum Gasteiger partial charge on any atom is -0.497 e. The van der Waals surface area contributed by atoms with Crippen LogP contribution in [0, 0.1) is 0 Å². The fraction of sp³-hybridized carbons (Fsp3) is 0.194. The van der Waals surface area contributed by atoms with E-state index in [1.165, 1.54) is 58.1 Å². The molecule has 14 heteroatoms. The van der Waals surface area contributed by atoms with Gasteiger partial charge in [0.2, 0.25) is 5.91 Å². The molecule has 0 unspecified atom stereocenters. The molecule has 3 aromatic carbocycles. The molecule has 45 heavy (non-hydrogen) atoms. The van der Waals surface area contributed by atoms with Crippen LogP contribution in [0.5, 0.6) is 11.5 Å². The van der Waals surface area contributed by atoms with Gasteiger partial charge in [-0.3, -0.25) is 9.69 Å². The summed E-state index contributed by atoms with van der Waals surface area (Å²) in [6.07, 6.45) is -0.175. The average Bonchev–Trinajstić information content (AvgIpc) is 3.64. The number of halogens is 3. The number of aromatic nitrogens is 3. The molecule has 0 atom stereocenters. The van der Waals surface area contributed by atoms with Crippen molar-refractivity contribution in [2.45, 2.75) is 26.1 Å². The number of ether oxygens (including phenoxy) is 2. The fourth-order valence-corrected chi connectivity index (χ4v) is 5.26. The summed E-state index contributed by atoms with van der Waals surface area (Å²) in [5.74, 6) is 0.790. The lowest BCUT2D eigenvalue weighted by atomic mass is 10.00. The van der Waals surface area contributed by atoms with Gasteiger partial charge < -0.3 is 14.8 Å². The lowest BCUT2D eigenvalue weighted by Crippen LogP contribution is -2.31. The van der Waals surface area contributed by atoms with Crippen molar-refractivity contribution < 1.29 is 32.2 Å². The SMILES string of the molecule is COc1ccc(C(C)C)c(N2C(=O)CS/C2=N\C(=O)N/C=C/c2ccc(-c3ncn(-c4ccc(OC(F)(F)F)cc4)n3)cc2)c1. The minimum atomic E-state index is -4.77. The molecular formula is C31H27F3N6O4S. The number of thioether (sulfide) groups is 1. The van der Waals surface area contributed by atoms with E-state index in [1.54, 1.807) is 43.5 Å². The Balaban J connectivity index is 1.22. The molecule has 0 radical (unpaired) electrons. The van der Waals surface area contributed by atoms with Crippen LogP contribution < -0.4 is 19.7 Å². The van der Waals surface area contributed by atoms with Crippen molar-refractivity contribution in [1.82, 2.24) is 20.1 Å².